The maximum Gasteiger partial charge on any atom is 0.251 e. The molecule has 2 aliphatic rings. The molecule has 3 atom stereocenters. The molecule has 0 radical (unpaired) electrons. The largest absolute Gasteiger partial charge is 0.494 e. The van der Waals surface area contributed by atoms with Gasteiger partial charge in [0.25, 0.3) is 5.91 Å². The Bertz CT molecular complexity index is 1360. The highest BCUT2D eigenvalue weighted by atomic mass is 16.5. The topological polar surface area (TPSA) is 130 Å². The van der Waals surface area contributed by atoms with E-state index in [2.05, 4.69) is 21.2 Å². The lowest BCUT2D eigenvalue weighted by Gasteiger charge is -2.40. The zero-order valence-electron chi connectivity index (χ0n) is 26.1. The molecule has 0 aliphatic carbocycles. The van der Waals surface area contributed by atoms with E-state index in [0.29, 0.717) is 51.3 Å². The van der Waals surface area contributed by atoms with Gasteiger partial charge in [0.1, 0.15) is 23.4 Å². The predicted molar refractivity (Wildman–Crippen MR) is 174 cm³/mol. The van der Waals surface area contributed by atoms with Gasteiger partial charge in [0.2, 0.25) is 0 Å². The Balaban J connectivity index is 0.978. The van der Waals surface area contributed by atoms with Crippen LogP contribution in [0.4, 0.5) is 5.69 Å². The second-order valence-corrected chi connectivity index (χ2v) is 11.8. The van der Waals surface area contributed by atoms with Crippen LogP contribution in [0.15, 0.2) is 66.7 Å². The summed E-state index contributed by atoms with van der Waals surface area (Å²) in [7, 11) is 0. The van der Waals surface area contributed by atoms with Crippen LogP contribution in [0.25, 0.3) is 0 Å². The summed E-state index contributed by atoms with van der Waals surface area (Å²) in [6, 6.07) is 21.4. The molecule has 2 fully saturated rings. The molecule has 1 amide bonds. The summed E-state index contributed by atoms with van der Waals surface area (Å²) in [6.07, 6.45) is 0.123. The number of anilines is 1. The number of carbonyl (C=O) groups excluding carboxylic acids is 1. The van der Waals surface area contributed by atoms with Gasteiger partial charge in [-0.2, -0.15) is 0 Å². The van der Waals surface area contributed by atoms with Crippen LogP contribution in [-0.2, 0) is 11.2 Å². The third-order valence-electron chi connectivity index (χ3n) is 8.43. The van der Waals surface area contributed by atoms with Gasteiger partial charge in [-0.15, -0.1) is 0 Å². The average molecular weight is 619 g/mol. The summed E-state index contributed by atoms with van der Waals surface area (Å²) in [6.45, 7) is 8.12. The summed E-state index contributed by atoms with van der Waals surface area (Å²) >= 11 is 0. The van der Waals surface area contributed by atoms with Gasteiger partial charge in [0, 0.05) is 57.1 Å². The van der Waals surface area contributed by atoms with E-state index in [1.165, 1.54) is 5.56 Å². The van der Waals surface area contributed by atoms with Crippen molar-refractivity contribution in [1.82, 2.24) is 10.2 Å². The summed E-state index contributed by atoms with van der Waals surface area (Å²) in [4.78, 5) is 17.2. The van der Waals surface area contributed by atoms with E-state index in [1.54, 1.807) is 0 Å². The Kier molecular flexibility index (Phi) is 11.7. The molecule has 3 unspecified atom stereocenters. The first-order valence-electron chi connectivity index (χ1n) is 15.9. The van der Waals surface area contributed by atoms with E-state index in [0.717, 1.165) is 61.1 Å². The first-order chi connectivity index (χ1) is 21.9. The van der Waals surface area contributed by atoms with Crippen molar-refractivity contribution in [1.29, 1.82) is 0 Å². The fraction of sp³-hybridized carbons (Fsp3) is 0.457. The van der Waals surface area contributed by atoms with E-state index in [4.69, 9.17) is 19.9 Å². The number of aryl methyl sites for hydroxylation is 1. The van der Waals surface area contributed by atoms with Gasteiger partial charge in [-0.3, -0.25) is 9.69 Å². The number of nitrogens with one attached hydrogen (secondary N) is 1. The van der Waals surface area contributed by atoms with Gasteiger partial charge in [0.15, 0.2) is 0 Å². The number of benzene rings is 3. The van der Waals surface area contributed by atoms with Crippen LogP contribution in [0.5, 0.6) is 17.2 Å². The second-order valence-electron chi connectivity index (χ2n) is 11.8. The van der Waals surface area contributed by atoms with Crippen LogP contribution in [0.2, 0.25) is 0 Å². The number of nitrogens with zero attached hydrogens (tertiary/aromatic N) is 2. The predicted octanol–water partition coefficient (Wildman–Crippen LogP) is 3.12. The second kappa shape index (κ2) is 16.1. The molecule has 0 saturated carbocycles. The molecule has 242 valence electrons. The number of aliphatic hydroxyl groups is 2. The first-order valence-corrected chi connectivity index (χ1v) is 15.9. The monoisotopic (exact) mass is 618 g/mol. The third kappa shape index (κ3) is 9.18. The fourth-order valence-corrected chi connectivity index (χ4v) is 5.73. The molecule has 45 heavy (non-hydrogen) atoms. The lowest BCUT2D eigenvalue weighted by atomic mass is 10.0. The van der Waals surface area contributed by atoms with E-state index in [1.807, 2.05) is 67.6 Å². The Hall–Kier alpha value is -3.67. The van der Waals surface area contributed by atoms with Gasteiger partial charge >= 0.3 is 0 Å². The van der Waals surface area contributed by atoms with E-state index in [-0.39, 0.29) is 12.0 Å². The lowest BCUT2D eigenvalue weighted by molar-refractivity contribution is -0.141. The van der Waals surface area contributed by atoms with Crippen molar-refractivity contribution in [2.24, 2.45) is 5.73 Å². The normalized spacial score (nSPS) is 20.5. The molecule has 0 aromatic heterocycles. The molecule has 10 nitrogen and oxygen atoms in total. The number of hydrogen-bond donors (Lipinski definition) is 4. The van der Waals surface area contributed by atoms with Gasteiger partial charge in [-0.25, -0.2) is 0 Å². The van der Waals surface area contributed by atoms with Crippen LogP contribution in [0.1, 0.15) is 34.3 Å². The highest BCUT2D eigenvalue weighted by Gasteiger charge is 2.33. The highest BCUT2D eigenvalue weighted by molar-refractivity contribution is 5.94. The SMILES string of the molecule is Cc1cc(CCN)ccc1Oc1ccc(OCCCNC(=O)c2ccc(N3CCN(CC4OCCC(O)C4O)CC3)cc2)cc1. The van der Waals surface area contributed by atoms with Crippen molar-refractivity contribution < 1.29 is 29.2 Å². The van der Waals surface area contributed by atoms with Crippen molar-refractivity contribution in [3.05, 3.63) is 83.4 Å². The molecule has 5 rings (SSSR count). The molecular formula is C35H46N4O6. The number of rotatable bonds is 13. The molecule has 0 bridgehead atoms. The van der Waals surface area contributed by atoms with Crippen LogP contribution >= 0.6 is 0 Å². The van der Waals surface area contributed by atoms with Crippen molar-refractivity contribution >= 4 is 11.6 Å². The van der Waals surface area contributed by atoms with Crippen LogP contribution in [0, 0.1) is 6.92 Å². The molecule has 0 spiro atoms. The van der Waals surface area contributed by atoms with Gasteiger partial charge in [-0.05, 0) is 98.5 Å². The quantitative estimate of drug-likeness (QED) is 0.214. The van der Waals surface area contributed by atoms with Crippen molar-refractivity contribution in [2.75, 3.05) is 63.9 Å². The fourth-order valence-electron chi connectivity index (χ4n) is 5.73. The van der Waals surface area contributed by atoms with Crippen LogP contribution < -0.4 is 25.4 Å². The number of nitrogens with two attached hydrogens (primary N) is 1. The molecule has 5 N–H and O–H groups in total. The average Bonchev–Trinajstić information content (AvgIpc) is 3.05. The number of carbonyl (C=O) groups is 1. The Morgan fingerprint density at radius 1 is 1.00 bits per heavy atom. The smallest absolute Gasteiger partial charge is 0.251 e. The summed E-state index contributed by atoms with van der Waals surface area (Å²) in [5.41, 5.74) is 9.63. The van der Waals surface area contributed by atoms with Gasteiger partial charge in [0.05, 0.1) is 18.8 Å². The summed E-state index contributed by atoms with van der Waals surface area (Å²) in [5, 5.41) is 23.1. The van der Waals surface area contributed by atoms with Gasteiger partial charge in [-0.1, -0.05) is 12.1 Å². The molecule has 2 aliphatic heterocycles. The molecule has 2 heterocycles. The molecule has 3 aromatic rings. The lowest BCUT2D eigenvalue weighted by Crippen LogP contribution is -2.54. The van der Waals surface area contributed by atoms with Crippen molar-refractivity contribution in [3.8, 4) is 17.2 Å². The minimum absolute atomic E-state index is 0.104. The Morgan fingerprint density at radius 2 is 1.73 bits per heavy atom. The molecule has 10 heteroatoms. The number of piperazine rings is 1. The number of aliphatic hydroxyl groups excluding tert-OH is 2. The Morgan fingerprint density at radius 3 is 2.44 bits per heavy atom. The maximum atomic E-state index is 12.7. The summed E-state index contributed by atoms with van der Waals surface area (Å²) < 4.78 is 17.6. The van der Waals surface area contributed by atoms with Crippen molar-refractivity contribution in [3.63, 3.8) is 0 Å². The standard InChI is InChI=1S/C35H46N4O6/c1-25-23-26(13-15-36)3-12-32(25)45-30-10-8-29(9-11-30)43-21-2-16-37-35(42)27-4-6-28(7-5-27)39-19-17-38(18-20-39)24-33-34(41)31(40)14-22-44-33/h3-12,23,31,33-34,40-41H,2,13-22,24,36H2,1H3,(H,37,42). The van der Waals surface area contributed by atoms with Crippen LogP contribution in [-0.4, -0.2) is 98.4 Å². The minimum atomic E-state index is -0.831. The minimum Gasteiger partial charge on any atom is -0.494 e. The summed E-state index contributed by atoms with van der Waals surface area (Å²) in [5.74, 6) is 2.20. The van der Waals surface area contributed by atoms with E-state index >= 15 is 0 Å². The van der Waals surface area contributed by atoms with E-state index in [9.17, 15) is 15.0 Å². The number of hydrogen-bond acceptors (Lipinski definition) is 9. The molecule has 3 aromatic carbocycles. The maximum absolute atomic E-state index is 12.7. The van der Waals surface area contributed by atoms with Gasteiger partial charge < -0.3 is 40.4 Å². The van der Waals surface area contributed by atoms with E-state index < -0.39 is 12.2 Å². The number of ether oxygens (including phenoxy) is 3. The zero-order chi connectivity index (χ0) is 31.6. The molecule has 2 saturated heterocycles. The Labute approximate surface area is 265 Å². The molecular weight excluding hydrogens is 572 g/mol. The first kappa shape index (κ1) is 32.7. The van der Waals surface area contributed by atoms with Crippen LogP contribution in [0.3, 0.4) is 0 Å². The number of amides is 1. The van der Waals surface area contributed by atoms with Crippen molar-refractivity contribution in [2.45, 2.75) is 44.5 Å². The highest BCUT2D eigenvalue weighted by Crippen LogP contribution is 2.27. The third-order valence-corrected chi connectivity index (χ3v) is 8.43. The zero-order valence-corrected chi connectivity index (χ0v) is 26.1.